The molecular formula is C6H14N4. The summed E-state index contributed by atoms with van der Waals surface area (Å²) in [5.41, 5.74) is 0. The molecule has 58 valence electrons. The van der Waals surface area contributed by atoms with E-state index in [9.17, 15) is 0 Å². The van der Waals surface area contributed by atoms with Crippen LogP contribution >= 0.6 is 0 Å². The maximum Gasteiger partial charge on any atom is 0.0503 e. The van der Waals surface area contributed by atoms with Gasteiger partial charge in [0.05, 0.1) is 6.54 Å². The molecule has 0 fully saturated rings. The molecule has 0 rings (SSSR count). The van der Waals surface area contributed by atoms with Gasteiger partial charge in [-0.25, -0.2) is 10.0 Å². The Morgan fingerprint density at radius 3 is 2.40 bits per heavy atom. The van der Waals surface area contributed by atoms with Crippen LogP contribution in [0.3, 0.4) is 0 Å². The molecule has 0 saturated carbocycles. The molecule has 0 bridgehead atoms. The highest BCUT2D eigenvalue weighted by molar-refractivity contribution is 5.59. The Hall–Kier alpha value is -0.740. The van der Waals surface area contributed by atoms with E-state index in [2.05, 4.69) is 16.9 Å². The zero-order valence-electron chi connectivity index (χ0n) is 6.78. The van der Waals surface area contributed by atoms with Crippen molar-refractivity contribution in [3.8, 4) is 0 Å². The second-order valence-corrected chi connectivity index (χ2v) is 2.13. The highest BCUT2D eigenvalue weighted by Crippen LogP contribution is 1.81. The van der Waals surface area contributed by atoms with Crippen LogP contribution in [-0.4, -0.2) is 50.6 Å². The quantitative estimate of drug-likeness (QED) is 0.411. The van der Waals surface area contributed by atoms with Crippen LogP contribution in [0.2, 0.25) is 0 Å². The van der Waals surface area contributed by atoms with Crippen molar-refractivity contribution in [2.75, 3.05) is 27.7 Å². The molecule has 0 aliphatic carbocycles. The molecule has 0 aliphatic heterocycles. The molecule has 4 nitrogen and oxygen atoms in total. The number of hydrazine groups is 1. The van der Waals surface area contributed by atoms with Crippen molar-refractivity contribution in [2.45, 2.75) is 0 Å². The van der Waals surface area contributed by atoms with Gasteiger partial charge in [-0.1, -0.05) is 0 Å². The van der Waals surface area contributed by atoms with Gasteiger partial charge in [-0.2, -0.15) is 10.2 Å². The fourth-order valence-corrected chi connectivity index (χ4v) is 0.376. The topological polar surface area (TPSA) is 31.2 Å². The molecule has 0 aromatic rings. The first kappa shape index (κ1) is 9.26. The normalized spacial score (nSPS) is 11.7. The summed E-state index contributed by atoms with van der Waals surface area (Å²) in [7, 11) is 5.90. The van der Waals surface area contributed by atoms with Crippen LogP contribution in [0.5, 0.6) is 0 Å². The minimum Gasteiger partial charge on any atom is -0.248 e. The van der Waals surface area contributed by atoms with Crippen molar-refractivity contribution < 1.29 is 0 Å². The van der Waals surface area contributed by atoms with Gasteiger partial charge >= 0.3 is 0 Å². The van der Waals surface area contributed by atoms with Gasteiger partial charge in [0.15, 0.2) is 0 Å². The summed E-state index contributed by atoms with van der Waals surface area (Å²) in [6.45, 7) is 3.98. The van der Waals surface area contributed by atoms with Crippen molar-refractivity contribution in [1.29, 1.82) is 0 Å². The average Bonchev–Trinajstić information content (AvgIpc) is 1.88. The van der Waals surface area contributed by atoms with Gasteiger partial charge in [-0.3, -0.25) is 0 Å². The minimum absolute atomic E-state index is 0.756. The lowest BCUT2D eigenvalue weighted by Gasteiger charge is -2.21. The van der Waals surface area contributed by atoms with E-state index in [1.165, 1.54) is 0 Å². The number of nitrogens with zero attached hydrogens (tertiary/aromatic N) is 4. The highest BCUT2D eigenvalue weighted by Gasteiger charge is 1.94. The molecule has 0 unspecified atom stereocenters. The molecule has 0 aromatic carbocycles. The fourth-order valence-electron chi connectivity index (χ4n) is 0.376. The summed E-state index contributed by atoms with van der Waals surface area (Å²) >= 11 is 0. The summed E-state index contributed by atoms with van der Waals surface area (Å²) in [5, 5.41) is 10.9. The largest absolute Gasteiger partial charge is 0.248 e. The molecule has 10 heavy (non-hydrogen) atoms. The van der Waals surface area contributed by atoms with Crippen LogP contribution in [0, 0.1) is 0 Å². The van der Waals surface area contributed by atoms with Gasteiger partial charge in [0.2, 0.25) is 0 Å². The lowest BCUT2D eigenvalue weighted by molar-refractivity contribution is 0.0766. The molecule has 0 atom stereocenters. The molecule has 0 aromatic heterocycles. The van der Waals surface area contributed by atoms with Crippen LogP contribution in [0.25, 0.3) is 0 Å². The first-order valence-electron chi connectivity index (χ1n) is 3.04. The maximum atomic E-state index is 3.61. The van der Waals surface area contributed by atoms with Crippen LogP contribution < -0.4 is 0 Å². The van der Waals surface area contributed by atoms with Crippen molar-refractivity contribution in [1.82, 2.24) is 10.0 Å². The smallest absolute Gasteiger partial charge is 0.0503 e. The molecule has 4 heteroatoms. The molecule has 0 amide bonds. The SMILES string of the molecule is C=NN=CCN(C)N(C)C. The molecule has 0 saturated heterocycles. The second kappa shape index (κ2) is 5.08. The molecule has 0 spiro atoms. The number of hydrogen-bond donors (Lipinski definition) is 0. The van der Waals surface area contributed by atoms with E-state index < -0.39 is 0 Å². The number of hydrogen-bond acceptors (Lipinski definition) is 4. The van der Waals surface area contributed by atoms with Gasteiger partial charge in [0.1, 0.15) is 0 Å². The summed E-state index contributed by atoms with van der Waals surface area (Å²) in [4.78, 5) is 0. The van der Waals surface area contributed by atoms with E-state index in [0.717, 1.165) is 6.54 Å². The maximum absolute atomic E-state index is 3.61. The Morgan fingerprint density at radius 1 is 1.40 bits per heavy atom. The minimum atomic E-state index is 0.756. The van der Waals surface area contributed by atoms with Gasteiger partial charge in [0, 0.05) is 34.1 Å². The van der Waals surface area contributed by atoms with Gasteiger partial charge in [-0.05, 0) is 0 Å². The van der Waals surface area contributed by atoms with E-state index in [1.807, 2.05) is 31.2 Å². The zero-order valence-corrected chi connectivity index (χ0v) is 6.78. The Bertz CT molecular complexity index is 119. The summed E-state index contributed by atoms with van der Waals surface area (Å²) < 4.78 is 0. The lowest BCUT2D eigenvalue weighted by atomic mass is 10.7. The van der Waals surface area contributed by atoms with E-state index in [0.29, 0.717) is 0 Å². The molecular weight excluding hydrogens is 128 g/mol. The van der Waals surface area contributed by atoms with Crippen LogP contribution in [0.4, 0.5) is 0 Å². The summed E-state index contributed by atoms with van der Waals surface area (Å²) in [6.07, 6.45) is 1.70. The predicted molar refractivity (Wildman–Crippen MR) is 44.4 cm³/mol. The van der Waals surface area contributed by atoms with E-state index in [-0.39, 0.29) is 0 Å². The Labute approximate surface area is 61.8 Å². The van der Waals surface area contributed by atoms with Crippen molar-refractivity contribution in [2.24, 2.45) is 10.2 Å². The number of rotatable bonds is 4. The van der Waals surface area contributed by atoms with Gasteiger partial charge < -0.3 is 0 Å². The highest BCUT2D eigenvalue weighted by atomic mass is 15.6. The second-order valence-electron chi connectivity index (χ2n) is 2.13. The van der Waals surface area contributed by atoms with Gasteiger partial charge in [0.25, 0.3) is 0 Å². The fraction of sp³-hybridized carbons (Fsp3) is 0.667. The van der Waals surface area contributed by atoms with E-state index in [1.54, 1.807) is 6.21 Å². The summed E-state index contributed by atoms with van der Waals surface area (Å²) in [6, 6.07) is 0. The van der Waals surface area contributed by atoms with Crippen molar-refractivity contribution in [3.63, 3.8) is 0 Å². The van der Waals surface area contributed by atoms with E-state index in [4.69, 9.17) is 0 Å². The third-order valence-corrected chi connectivity index (χ3v) is 1.19. The van der Waals surface area contributed by atoms with Gasteiger partial charge in [-0.15, -0.1) is 0 Å². The third-order valence-electron chi connectivity index (χ3n) is 1.19. The molecule has 0 radical (unpaired) electrons. The zero-order chi connectivity index (χ0) is 7.98. The van der Waals surface area contributed by atoms with E-state index >= 15 is 0 Å². The third kappa shape index (κ3) is 4.17. The first-order valence-corrected chi connectivity index (χ1v) is 3.04. The average molecular weight is 142 g/mol. The Balaban J connectivity index is 3.48. The van der Waals surface area contributed by atoms with Crippen molar-refractivity contribution >= 4 is 12.9 Å². The lowest BCUT2D eigenvalue weighted by Crippen LogP contribution is -2.34. The standard InChI is InChI=1S/C6H14N4/c1-7-8-5-6-10(4)9(2)3/h5H,1,6H2,2-4H3. The Kier molecular flexibility index (Phi) is 4.70. The monoisotopic (exact) mass is 142 g/mol. The molecule has 0 heterocycles. The van der Waals surface area contributed by atoms with Crippen LogP contribution in [0.1, 0.15) is 0 Å². The summed E-state index contributed by atoms with van der Waals surface area (Å²) in [5.74, 6) is 0. The molecule has 0 aliphatic rings. The van der Waals surface area contributed by atoms with Crippen LogP contribution in [-0.2, 0) is 0 Å². The molecule has 0 N–H and O–H groups in total. The first-order chi connectivity index (χ1) is 4.68. The van der Waals surface area contributed by atoms with Crippen LogP contribution in [0.15, 0.2) is 10.2 Å². The predicted octanol–water partition coefficient (Wildman–Crippen LogP) is 0.0812. The van der Waals surface area contributed by atoms with Crippen molar-refractivity contribution in [3.05, 3.63) is 0 Å². The Morgan fingerprint density at radius 2 is 2.00 bits per heavy atom.